The lowest BCUT2D eigenvalue weighted by Crippen LogP contribution is -2.34. The smallest absolute Gasteiger partial charge is 0.233 e. The van der Waals surface area contributed by atoms with Crippen LogP contribution in [-0.2, 0) is 17.6 Å². The van der Waals surface area contributed by atoms with Crippen LogP contribution in [0.15, 0.2) is 18.2 Å². The quantitative estimate of drug-likeness (QED) is 0.812. The van der Waals surface area contributed by atoms with Crippen molar-refractivity contribution in [2.45, 2.75) is 26.2 Å². The Morgan fingerprint density at radius 3 is 3.16 bits per heavy atom. The monoisotopic (exact) mass is 262 g/mol. The fourth-order valence-electron chi connectivity index (χ4n) is 2.22. The first-order chi connectivity index (χ1) is 9.29. The fourth-order valence-corrected chi connectivity index (χ4v) is 2.22. The highest BCUT2D eigenvalue weighted by atomic mass is 16.5. The Labute approximate surface area is 114 Å². The molecule has 1 aliphatic heterocycles. The molecule has 1 heterocycles. The number of rotatable bonds is 6. The molecular weight excluding hydrogens is 240 g/mol. The van der Waals surface area contributed by atoms with Crippen LogP contribution in [0.25, 0.3) is 0 Å². The van der Waals surface area contributed by atoms with E-state index in [2.05, 4.69) is 22.8 Å². The summed E-state index contributed by atoms with van der Waals surface area (Å²) < 4.78 is 5.59. The lowest BCUT2D eigenvalue weighted by atomic mass is 10.0. The summed E-state index contributed by atoms with van der Waals surface area (Å²) in [5.41, 5.74) is 2.55. The molecule has 0 aliphatic carbocycles. The Morgan fingerprint density at radius 2 is 2.32 bits per heavy atom. The van der Waals surface area contributed by atoms with Crippen molar-refractivity contribution in [2.75, 3.05) is 26.2 Å². The van der Waals surface area contributed by atoms with Crippen LogP contribution in [0.4, 0.5) is 0 Å². The number of aryl methyl sites for hydroxylation is 1. The number of ether oxygens (including phenoxy) is 1. The standard InChI is InChI=1S/C15H22N2O2/c1-2-16-11-15(18)17-8-7-12-5-6-14-13(10-12)4-3-9-19-14/h5-6,10,16H,2-4,7-9,11H2,1H3,(H,17,18). The molecule has 0 unspecified atom stereocenters. The Bertz CT molecular complexity index is 432. The van der Waals surface area contributed by atoms with Gasteiger partial charge in [-0.15, -0.1) is 0 Å². The molecule has 0 radical (unpaired) electrons. The van der Waals surface area contributed by atoms with E-state index in [4.69, 9.17) is 4.74 Å². The van der Waals surface area contributed by atoms with Gasteiger partial charge in [-0.2, -0.15) is 0 Å². The van der Waals surface area contributed by atoms with E-state index in [9.17, 15) is 4.79 Å². The first kappa shape index (κ1) is 13.9. The number of benzene rings is 1. The molecule has 1 aliphatic rings. The van der Waals surface area contributed by atoms with Crippen LogP contribution in [0, 0.1) is 0 Å². The second kappa shape index (κ2) is 7.14. The van der Waals surface area contributed by atoms with Crippen LogP contribution in [0.1, 0.15) is 24.5 Å². The molecule has 0 fully saturated rings. The SMILES string of the molecule is CCNCC(=O)NCCc1ccc2c(c1)CCCO2. The van der Waals surface area contributed by atoms with Gasteiger partial charge in [0.2, 0.25) is 5.91 Å². The third kappa shape index (κ3) is 4.24. The van der Waals surface area contributed by atoms with Crippen molar-refractivity contribution in [3.8, 4) is 5.75 Å². The largest absolute Gasteiger partial charge is 0.493 e. The van der Waals surface area contributed by atoms with E-state index < -0.39 is 0 Å². The normalized spacial score (nSPS) is 13.5. The van der Waals surface area contributed by atoms with Crippen molar-refractivity contribution in [1.82, 2.24) is 10.6 Å². The van der Waals surface area contributed by atoms with Gasteiger partial charge in [0.05, 0.1) is 13.2 Å². The molecule has 2 rings (SSSR count). The number of carbonyl (C=O) groups excluding carboxylic acids is 1. The molecule has 4 nitrogen and oxygen atoms in total. The number of carbonyl (C=O) groups is 1. The van der Waals surface area contributed by atoms with Gasteiger partial charge in [0, 0.05) is 6.54 Å². The third-order valence-corrected chi connectivity index (χ3v) is 3.24. The van der Waals surface area contributed by atoms with Crippen molar-refractivity contribution in [2.24, 2.45) is 0 Å². The second-order valence-electron chi connectivity index (χ2n) is 4.77. The van der Waals surface area contributed by atoms with Crippen LogP contribution >= 0.6 is 0 Å². The van der Waals surface area contributed by atoms with Gasteiger partial charge in [0.1, 0.15) is 5.75 Å². The van der Waals surface area contributed by atoms with Crippen molar-refractivity contribution in [1.29, 1.82) is 0 Å². The van der Waals surface area contributed by atoms with E-state index in [1.807, 2.05) is 13.0 Å². The van der Waals surface area contributed by atoms with Crippen LogP contribution in [-0.4, -0.2) is 32.1 Å². The summed E-state index contributed by atoms with van der Waals surface area (Å²) in [5.74, 6) is 1.08. The van der Waals surface area contributed by atoms with Gasteiger partial charge in [-0.3, -0.25) is 4.79 Å². The average Bonchev–Trinajstić information content (AvgIpc) is 2.45. The molecule has 19 heavy (non-hydrogen) atoms. The molecule has 1 aromatic rings. The van der Waals surface area contributed by atoms with Gasteiger partial charge in [0.25, 0.3) is 0 Å². The molecular formula is C15H22N2O2. The predicted octanol–water partition coefficient (Wildman–Crippen LogP) is 1.28. The van der Waals surface area contributed by atoms with Gasteiger partial charge in [-0.1, -0.05) is 19.1 Å². The third-order valence-electron chi connectivity index (χ3n) is 3.24. The van der Waals surface area contributed by atoms with Crippen molar-refractivity contribution >= 4 is 5.91 Å². The first-order valence-corrected chi connectivity index (χ1v) is 7.01. The maximum atomic E-state index is 11.4. The summed E-state index contributed by atoms with van der Waals surface area (Å²) in [7, 11) is 0. The number of nitrogens with one attached hydrogen (secondary N) is 2. The van der Waals surface area contributed by atoms with Gasteiger partial charge in [-0.05, 0) is 43.0 Å². The molecule has 104 valence electrons. The molecule has 1 aromatic carbocycles. The lowest BCUT2D eigenvalue weighted by molar-refractivity contribution is -0.120. The second-order valence-corrected chi connectivity index (χ2v) is 4.77. The molecule has 0 bridgehead atoms. The summed E-state index contributed by atoms with van der Waals surface area (Å²) >= 11 is 0. The van der Waals surface area contributed by atoms with Crippen LogP contribution in [0.5, 0.6) is 5.75 Å². The number of hydrogen-bond donors (Lipinski definition) is 2. The summed E-state index contributed by atoms with van der Waals surface area (Å²) in [6.07, 6.45) is 3.05. The van der Waals surface area contributed by atoms with Crippen molar-refractivity contribution < 1.29 is 9.53 Å². The zero-order valence-electron chi connectivity index (χ0n) is 11.5. The van der Waals surface area contributed by atoms with E-state index >= 15 is 0 Å². The Morgan fingerprint density at radius 1 is 1.42 bits per heavy atom. The highest BCUT2D eigenvalue weighted by Crippen LogP contribution is 2.25. The Hall–Kier alpha value is -1.55. The Balaban J connectivity index is 1.78. The molecule has 4 heteroatoms. The maximum Gasteiger partial charge on any atom is 0.233 e. The topological polar surface area (TPSA) is 50.4 Å². The number of likely N-dealkylation sites (N-methyl/N-ethyl adjacent to an activating group) is 1. The van der Waals surface area contributed by atoms with Crippen LogP contribution < -0.4 is 15.4 Å². The summed E-state index contributed by atoms with van der Waals surface area (Å²) in [6.45, 7) is 4.71. The molecule has 0 spiro atoms. The minimum atomic E-state index is 0.0585. The minimum Gasteiger partial charge on any atom is -0.493 e. The average molecular weight is 262 g/mol. The Kier molecular flexibility index (Phi) is 5.21. The zero-order valence-corrected chi connectivity index (χ0v) is 11.5. The van der Waals surface area contributed by atoms with E-state index in [0.717, 1.165) is 38.2 Å². The van der Waals surface area contributed by atoms with Crippen LogP contribution in [0.2, 0.25) is 0 Å². The maximum absolute atomic E-state index is 11.4. The van der Waals surface area contributed by atoms with Crippen molar-refractivity contribution in [3.05, 3.63) is 29.3 Å². The lowest BCUT2D eigenvalue weighted by Gasteiger charge is -2.17. The first-order valence-electron chi connectivity index (χ1n) is 7.01. The number of amides is 1. The highest BCUT2D eigenvalue weighted by molar-refractivity contribution is 5.77. The summed E-state index contributed by atoms with van der Waals surface area (Å²) in [5, 5.41) is 5.92. The molecule has 0 atom stereocenters. The van der Waals surface area contributed by atoms with E-state index in [0.29, 0.717) is 13.1 Å². The van der Waals surface area contributed by atoms with Crippen LogP contribution in [0.3, 0.4) is 0 Å². The number of hydrogen-bond acceptors (Lipinski definition) is 3. The number of fused-ring (bicyclic) bond motifs is 1. The van der Waals surface area contributed by atoms with Gasteiger partial charge in [0.15, 0.2) is 0 Å². The minimum absolute atomic E-state index is 0.0585. The molecule has 0 saturated heterocycles. The molecule has 0 aromatic heterocycles. The van der Waals surface area contributed by atoms with Gasteiger partial charge >= 0.3 is 0 Å². The fraction of sp³-hybridized carbons (Fsp3) is 0.533. The predicted molar refractivity (Wildman–Crippen MR) is 75.5 cm³/mol. The van der Waals surface area contributed by atoms with Gasteiger partial charge in [-0.25, -0.2) is 0 Å². The molecule has 0 saturated carbocycles. The zero-order chi connectivity index (χ0) is 13.5. The molecule has 1 amide bonds. The van der Waals surface area contributed by atoms with E-state index in [1.54, 1.807) is 0 Å². The van der Waals surface area contributed by atoms with Gasteiger partial charge < -0.3 is 15.4 Å². The van der Waals surface area contributed by atoms with E-state index in [-0.39, 0.29) is 5.91 Å². The molecule has 2 N–H and O–H groups in total. The van der Waals surface area contributed by atoms with E-state index in [1.165, 1.54) is 11.1 Å². The van der Waals surface area contributed by atoms with Crippen molar-refractivity contribution in [3.63, 3.8) is 0 Å². The summed E-state index contributed by atoms with van der Waals surface area (Å²) in [6, 6.07) is 6.33. The summed E-state index contributed by atoms with van der Waals surface area (Å²) in [4.78, 5) is 11.4. The highest BCUT2D eigenvalue weighted by Gasteiger charge is 2.10.